The molecular formula is C23H28F3N5O2. The minimum atomic E-state index is -4.40. The number of alkyl halides is 3. The van der Waals surface area contributed by atoms with E-state index in [9.17, 15) is 18.0 Å². The van der Waals surface area contributed by atoms with Crippen molar-refractivity contribution in [3.8, 4) is 0 Å². The van der Waals surface area contributed by atoms with Crippen LogP contribution in [0.15, 0.2) is 41.8 Å². The van der Waals surface area contributed by atoms with Crippen molar-refractivity contribution in [3.05, 3.63) is 42.3 Å². The number of anilines is 1. The highest BCUT2D eigenvalue weighted by molar-refractivity contribution is 6.04. The van der Waals surface area contributed by atoms with E-state index in [0.717, 1.165) is 38.2 Å². The second-order valence-corrected chi connectivity index (χ2v) is 8.67. The summed E-state index contributed by atoms with van der Waals surface area (Å²) in [6.07, 6.45) is -2.64. The largest absolute Gasteiger partial charge is 0.406 e. The van der Waals surface area contributed by atoms with Crippen LogP contribution < -0.4 is 16.0 Å². The molecule has 178 valence electrons. The van der Waals surface area contributed by atoms with Gasteiger partial charge in [-0.15, -0.1) is 0 Å². The summed E-state index contributed by atoms with van der Waals surface area (Å²) in [7, 11) is 0. The molecule has 2 heterocycles. The van der Waals surface area contributed by atoms with Gasteiger partial charge >= 0.3 is 6.18 Å². The third-order valence-corrected chi connectivity index (χ3v) is 5.82. The molecule has 2 aliphatic rings. The average molecular weight is 464 g/mol. The second kappa shape index (κ2) is 9.46. The van der Waals surface area contributed by atoms with Crippen LogP contribution in [0.3, 0.4) is 0 Å². The van der Waals surface area contributed by atoms with Crippen LogP contribution in [0.1, 0.15) is 25.5 Å². The Kier molecular flexibility index (Phi) is 6.64. The number of aromatic nitrogens is 1. The lowest BCUT2D eigenvalue weighted by Gasteiger charge is -2.27. The molecule has 1 saturated carbocycles. The predicted octanol–water partition coefficient (Wildman–Crippen LogP) is 3.62. The van der Waals surface area contributed by atoms with E-state index < -0.39 is 12.7 Å². The lowest BCUT2D eigenvalue weighted by molar-refractivity contribution is -0.140. The van der Waals surface area contributed by atoms with Gasteiger partial charge in [-0.25, -0.2) is 0 Å². The van der Waals surface area contributed by atoms with Crippen molar-refractivity contribution in [2.45, 2.75) is 32.5 Å². The molecule has 4 rings (SSSR count). The third kappa shape index (κ3) is 5.87. The summed E-state index contributed by atoms with van der Waals surface area (Å²) < 4.78 is 41.4. The van der Waals surface area contributed by atoms with Crippen molar-refractivity contribution < 1.29 is 22.8 Å². The Morgan fingerprint density at radius 1 is 1.33 bits per heavy atom. The number of oxime groups is 1. The molecule has 2 aromatic rings. The summed E-state index contributed by atoms with van der Waals surface area (Å²) in [6, 6.07) is 6.97. The van der Waals surface area contributed by atoms with Crippen molar-refractivity contribution >= 4 is 28.2 Å². The Morgan fingerprint density at radius 2 is 2.09 bits per heavy atom. The number of halogens is 3. The lowest BCUT2D eigenvalue weighted by Crippen LogP contribution is -2.45. The summed E-state index contributed by atoms with van der Waals surface area (Å²) in [5.74, 6) is 0.714. The van der Waals surface area contributed by atoms with Crippen LogP contribution >= 0.6 is 0 Å². The smallest absolute Gasteiger partial charge is 0.384 e. The molecule has 1 aromatic carbocycles. The number of amides is 1. The number of nitrogens with one attached hydrogen (secondary N) is 3. The summed E-state index contributed by atoms with van der Waals surface area (Å²) in [6.45, 7) is 6.86. The average Bonchev–Trinajstić information content (AvgIpc) is 3.51. The molecular weight excluding hydrogens is 435 g/mol. The normalized spacial score (nSPS) is 17.0. The fourth-order valence-electron chi connectivity index (χ4n) is 3.72. The maximum atomic E-state index is 13.4. The van der Waals surface area contributed by atoms with Crippen LogP contribution in [0.5, 0.6) is 0 Å². The fraction of sp³-hybridized carbons (Fsp3) is 0.478. The Labute approximate surface area is 190 Å². The number of hydrogen-bond donors (Lipinski definition) is 3. The topological polar surface area (TPSA) is 79.7 Å². The summed E-state index contributed by atoms with van der Waals surface area (Å²) >= 11 is 0. The van der Waals surface area contributed by atoms with Crippen LogP contribution in [-0.4, -0.2) is 48.5 Å². The molecule has 0 spiro atoms. The zero-order chi connectivity index (χ0) is 23.6. The van der Waals surface area contributed by atoms with Crippen molar-refractivity contribution in [1.82, 2.24) is 15.2 Å². The van der Waals surface area contributed by atoms with Crippen molar-refractivity contribution in [2.75, 3.05) is 31.5 Å². The monoisotopic (exact) mass is 463 g/mol. The van der Waals surface area contributed by atoms with Crippen LogP contribution in [0.2, 0.25) is 0 Å². The molecule has 1 aliphatic heterocycles. The first kappa shape index (κ1) is 23.2. The number of fused-ring (bicyclic) bond motifs is 1. The van der Waals surface area contributed by atoms with Gasteiger partial charge in [-0.05, 0) is 38.0 Å². The van der Waals surface area contributed by atoms with E-state index in [1.165, 1.54) is 4.57 Å². The number of benzene rings is 1. The standard InChI is InChI=1S/C23H28F3N5O2/c1-14(9-29-22(32)17-6-7-17)33-30-15(2)21-8-18-19(28-12-16-10-27-11-16)4-3-5-20(18)31(21)13-23(24,25)26/h3-5,8,16-17,27-28H,1,6-7,9-13H2,2H3,(H,29,32)/b30-15+. The number of carbonyl (C=O) groups is 1. The zero-order valence-corrected chi connectivity index (χ0v) is 18.5. The third-order valence-electron chi connectivity index (χ3n) is 5.82. The lowest BCUT2D eigenvalue weighted by atomic mass is 10.0. The summed E-state index contributed by atoms with van der Waals surface area (Å²) in [4.78, 5) is 17.0. The molecule has 1 aliphatic carbocycles. The number of rotatable bonds is 10. The number of carbonyl (C=O) groups excluding carboxylic acids is 1. The molecule has 1 amide bonds. The van der Waals surface area contributed by atoms with Gasteiger partial charge in [0, 0.05) is 42.5 Å². The molecule has 0 radical (unpaired) electrons. The highest BCUT2D eigenvalue weighted by atomic mass is 19.4. The summed E-state index contributed by atoms with van der Waals surface area (Å²) in [5, 5.41) is 14.0. The van der Waals surface area contributed by atoms with Crippen LogP contribution in [0.25, 0.3) is 10.9 Å². The maximum absolute atomic E-state index is 13.4. The Morgan fingerprint density at radius 3 is 2.73 bits per heavy atom. The van der Waals surface area contributed by atoms with Gasteiger partial charge in [0.05, 0.1) is 17.8 Å². The molecule has 7 nitrogen and oxygen atoms in total. The molecule has 3 N–H and O–H groups in total. The van der Waals surface area contributed by atoms with Crippen LogP contribution in [0, 0.1) is 11.8 Å². The molecule has 10 heteroatoms. The Bertz CT molecular complexity index is 1070. The number of hydrogen-bond acceptors (Lipinski definition) is 5. The second-order valence-electron chi connectivity index (χ2n) is 8.67. The van der Waals surface area contributed by atoms with E-state index in [-0.39, 0.29) is 29.8 Å². The first-order valence-corrected chi connectivity index (χ1v) is 11.0. The minimum absolute atomic E-state index is 0.0523. The van der Waals surface area contributed by atoms with E-state index in [0.29, 0.717) is 22.5 Å². The molecule has 2 fully saturated rings. The maximum Gasteiger partial charge on any atom is 0.406 e. The zero-order valence-electron chi connectivity index (χ0n) is 18.5. The van der Waals surface area contributed by atoms with E-state index in [4.69, 9.17) is 4.84 Å². The van der Waals surface area contributed by atoms with Crippen molar-refractivity contribution in [3.63, 3.8) is 0 Å². The van der Waals surface area contributed by atoms with Crippen molar-refractivity contribution in [2.24, 2.45) is 17.0 Å². The van der Waals surface area contributed by atoms with Gasteiger partial charge < -0.3 is 25.4 Å². The highest BCUT2D eigenvalue weighted by Gasteiger charge is 2.31. The molecule has 0 unspecified atom stereocenters. The van der Waals surface area contributed by atoms with Gasteiger partial charge in [0.15, 0.2) is 0 Å². The van der Waals surface area contributed by atoms with E-state index in [2.05, 4.69) is 27.7 Å². The van der Waals surface area contributed by atoms with Gasteiger partial charge in [-0.3, -0.25) is 4.79 Å². The Balaban J connectivity index is 1.54. The quantitative estimate of drug-likeness (QED) is 0.286. The van der Waals surface area contributed by atoms with Gasteiger partial charge in [-0.2, -0.15) is 13.2 Å². The fourth-order valence-corrected chi connectivity index (χ4v) is 3.72. The molecule has 1 aromatic heterocycles. The van der Waals surface area contributed by atoms with Crippen LogP contribution in [-0.2, 0) is 16.2 Å². The van der Waals surface area contributed by atoms with Gasteiger partial charge in [0.25, 0.3) is 0 Å². The van der Waals surface area contributed by atoms with E-state index in [1.54, 1.807) is 25.1 Å². The minimum Gasteiger partial charge on any atom is -0.384 e. The summed E-state index contributed by atoms with van der Waals surface area (Å²) in [5.41, 5.74) is 1.82. The van der Waals surface area contributed by atoms with Gasteiger partial charge in [0.2, 0.25) is 5.91 Å². The Hall–Kier alpha value is -3.01. The van der Waals surface area contributed by atoms with Crippen molar-refractivity contribution in [1.29, 1.82) is 0 Å². The van der Waals surface area contributed by atoms with Crippen LogP contribution in [0.4, 0.5) is 18.9 Å². The molecule has 33 heavy (non-hydrogen) atoms. The molecule has 1 saturated heterocycles. The van der Waals surface area contributed by atoms with Gasteiger partial charge in [-0.1, -0.05) is 17.8 Å². The van der Waals surface area contributed by atoms with E-state index in [1.807, 2.05) is 6.07 Å². The SMILES string of the molecule is C=C(CNC(=O)C1CC1)O/N=C(\C)c1cc2c(NCC3CNC3)cccc2n1CC(F)(F)F. The molecule has 0 atom stereocenters. The molecule has 0 bridgehead atoms. The predicted molar refractivity (Wildman–Crippen MR) is 121 cm³/mol. The highest BCUT2D eigenvalue weighted by Crippen LogP contribution is 2.31. The van der Waals surface area contributed by atoms with E-state index >= 15 is 0 Å². The first-order valence-electron chi connectivity index (χ1n) is 11.0. The van der Waals surface area contributed by atoms with Gasteiger partial charge in [0.1, 0.15) is 18.0 Å². The first-order chi connectivity index (χ1) is 15.7. The number of nitrogens with zero attached hydrogens (tertiary/aromatic N) is 2.